The molecule has 1 aromatic heterocycles. The lowest BCUT2D eigenvalue weighted by molar-refractivity contribution is -0.128. The van der Waals surface area contributed by atoms with Crippen LogP contribution in [0.4, 0.5) is 0 Å². The molecule has 3 aromatic carbocycles. The summed E-state index contributed by atoms with van der Waals surface area (Å²) in [7, 11) is 0. The molecule has 152 valence electrons. The molecular weight excluding hydrogens is 382 g/mol. The van der Waals surface area contributed by atoms with Crippen molar-refractivity contribution in [2.45, 2.75) is 26.5 Å². The highest BCUT2D eigenvalue weighted by Gasteiger charge is 2.17. The standard InChI is InChI=1S/C22H21N5O3/c1-3-27-20-11-9-17(13-19(20)23-26-27)22(29)25-24-21(28)14(2)30-18-10-8-15-6-4-5-7-16(15)12-18/h4-14H,3H2,1-2H3,(H,24,28)(H,25,29). The highest BCUT2D eigenvalue weighted by molar-refractivity contribution is 5.98. The minimum Gasteiger partial charge on any atom is -0.481 e. The summed E-state index contributed by atoms with van der Waals surface area (Å²) in [6, 6.07) is 18.6. The number of nitrogens with one attached hydrogen (secondary N) is 2. The zero-order valence-corrected chi connectivity index (χ0v) is 16.6. The highest BCUT2D eigenvalue weighted by atomic mass is 16.5. The Morgan fingerprint density at radius 2 is 1.83 bits per heavy atom. The van der Waals surface area contributed by atoms with Gasteiger partial charge in [0.2, 0.25) is 0 Å². The van der Waals surface area contributed by atoms with Gasteiger partial charge in [-0.05, 0) is 55.0 Å². The quantitative estimate of drug-likeness (QED) is 0.500. The first-order valence-electron chi connectivity index (χ1n) is 9.64. The second-order valence-corrected chi connectivity index (χ2v) is 6.82. The van der Waals surface area contributed by atoms with E-state index in [1.165, 1.54) is 0 Å². The van der Waals surface area contributed by atoms with Gasteiger partial charge in [-0.15, -0.1) is 5.10 Å². The van der Waals surface area contributed by atoms with Gasteiger partial charge < -0.3 is 4.74 Å². The molecule has 1 unspecified atom stereocenters. The number of nitrogens with zero attached hydrogens (tertiary/aromatic N) is 3. The van der Waals surface area contributed by atoms with E-state index < -0.39 is 17.9 Å². The summed E-state index contributed by atoms with van der Waals surface area (Å²) in [6.45, 7) is 4.27. The van der Waals surface area contributed by atoms with Crippen LogP contribution in [-0.2, 0) is 11.3 Å². The normalized spacial score (nSPS) is 11.9. The summed E-state index contributed by atoms with van der Waals surface area (Å²) in [5, 5.41) is 10.2. The molecule has 4 rings (SSSR count). The summed E-state index contributed by atoms with van der Waals surface area (Å²) in [6.07, 6.45) is -0.793. The fourth-order valence-electron chi connectivity index (χ4n) is 3.14. The zero-order chi connectivity index (χ0) is 21.1. The minimum absolute atomic E-state index is 0.369. The van der Waals surface area contributed by atoms with Gasteiger partial charge in [-0.25, -0.2) is 4.68 Å². The van der Waals surface area contributed by atoms with Crippen molar-refractivity contribution in [2.24, 2.45) is 0 Å². The number of benzene rings is 3. The molecule has 8 nitrogen and oxygen atoms in total. The van der Waals surface area contributed by atoms with E-state index in [0.29, 0.717) is 23.4 Å². The molecule has 1 heterocycles. The van der Waals surface area contributed by atoms with Crippen LogP contribution in [0.3, 0.4) is 0 Å². The maximum Gasteiger partial charge on any atom is 0.279 e. The van der Waals surface area contributed by atoms with Crippen molar-refractivity contribution >= 4 is 33.6 Å². The molecule has 0 aliphatic heterocycles. The molecule has 0 fully saturated rings. The van der Waals surface area contributed by atoms with Crippen LogP contribution in [0.2, 0.25) is 0 Å². The first-order chi connectivity index (χ1) is 14.5. The van der Waals surface area contributed by atoms with E-state index in [0.717, 1.165) is 16.3 Å². The Kier molecular flexibility index (Phi) is 5.30. The van der Waals surface area contributed by atoms with E-state index in [2.05, 4.69) is 21.2 Å². The summed E-state index contributed by atoms with van der Waals surface area (Å²) in [5.74, 6) is -0.337. The Balaban J connectivity index is 1.36. The molecule has 4 aromatic rings. The van der Waals surface area contributed by atoms with Gasteiger partial charge in [0.05, 0.1) is 5.52 Å². The van der Waals surface area contributed by atoms with Crippen LogP contribution < -0.4 is 15.6 Å². The minimum atomic E-state index is -0.793. The van der Waals surface area contributed by atoms with Crippen molar-refractivity contribution in [3.05, 3.63) is 66.2 Å². The topological polar surface area (TPSA) is 98.1 Å². The van der Waals surface area contributed by atoms with Crippen LogP contribution in [-0.4, -0.2) is 32.9 Å². The van der Waals surface area contributed by atoms with E-state index in [1.807, 2.05) is 49.4 Å². The van der Waals surface area contributed by atoms with Gasteiger partial charge in [0, 0.05) is 12.1 Å². The summed E-state index contributed by atoms with van der Waals surface area (Å²) >= 11 is 0. The predicted octanol–water partition coefficient (Wildman–Crippen LogP) is 2.83. The molecule has 1 atom stereocenters. The molecule has 0 aliphatic carbocycles. The van der Waals surface area contributed by atoms with Gasteiger partial charge in [-0.2, -0.15) is 0 Å². The van der Waals surface area contributed by atoms with Crippen LogP contribution in [0.1, 0.15) is 24.2 Å². The molecule has 2 amide bonds. The van der Waals surface area contributed by atoms with E-state index in [9.17, 15) is 9.59 Å². The van der Waals surface area contributed by atoms with Crippen LogP contribution in [0.25, 0.3) is 21.8 Å². The third-order valence-electron chi connectivity index (χ3n) is 4.78. The maximum atomic E-state index is 12.4. The number of amides is 2. The SMILES string of the molecule is CCn1nnc2cc(C(=O)NNC(=O)C(C)Oc3ccc4ccccc4c3)ccc21. The second-order valence-electron chi connectivity index (χ2n) is 6.82. The number of carbonyl (C=O) groups is 2. The number of rotatable bonds is 5. The number of ether oxygens (including phenoxy) is 1. The van der Waals surface area contributed by atoms with Gasteiger partial charge in [-0.3, -0.25) is 20.4 Å². The molecule has 0 spiro atoms. The molecule has 0 saturated carbocycles. The summed E-state index contributed by atoms with van der Waals surface area (Å²) in [5.41, 5.74) is 6.63. The third kappa shape index (κ3) is 3.93. The van der Waals surface area contributed by atoms with Crippen LogP contribution in [0.15, 0.2) is 60.7 Å². The van der Waals surface area contributed by atoms with Crippen molar-refractivity contribution in [2.75, 3.05) is 0 Å². The van der Waals surface area contributed by atoms with Crippen LogP contribution in [0.5, 0.6) is 5.75 Å². The Hall–Kier alpha value is -3.94. The fourth-order valence-corrected chi connectivity index (χ4v) is 3.14. The van der Waals surface area contributed by atoms with Gasteiger partial charge >= 0.3 is 0 Å². The first-order valence-corrected chi connectivity index (χ1v) is 9.64. The number of carbonyl (C=O) groups excluding carboxylic acids is 2. The zero-order valence-electron chi connectivity index (χ0n) is 16.6. The number of hydrazine groups is 1. The third-order valence-corrected chi connectivity index (χ3v) is 4.78. The number of hydrogen-bond donors (Lipinski definition) is 2. The van der Waals surface area contributed by atoms with E-state index in [1.54, 1.807) is 29.8 Å². The molecule has 2 N–H and O–H groups in total. The largest absolute Gasteiger partial charge is 0.481 e. The number of fused-ring (bicyclic) bond motifs is 2. The Labute approximate surface area is 172 Å². The van der Waals surface area contributed by atoms with Gasteiger partial charge in [0.1, 0.15) is 11.3 Å². The maximum absolute atomic E-state index is 12.4. The monoisotopic (exact) mass is 403 g/mol. The fraction of sp³-hybridized carbons (Fsp3) is 0.182. The van der Waals surface area contributed by atoms with Crippen LogP contribution in [0, 0.1) is 0 Å². The predicted molar refractivity (Wildman–Crippen MR) is 113 cm³/mol. The summed E-state index contributed by atoms with van der Waals surface area (Å²) < 4.78 is 7.45. The Morgan fingerprint density at radius 3 is 2.63 bits per heavy atom. The molecule has 30 heavy (non-hydrogen) atoms. The van der Waals surface area contributed by atoms with Crippen LogP contribution >= 0.6 is 0 Å². The summed E-state index contributed by atoms with van der Waals surface area (Å²) in [4.78, 5) is 24.7. The van der Waals surface area contributed by atoms with Gasteiger partial charge in [-0.1, -0.05) is 35.5 Å². The first kappa shape index (κ1) is 19.4. The lowest BCUT2D eigenvalue weighted by Crippen LogP contribution is -2.47. The highest BCUT2D eigenvalue weighted by Crippen LogP contribution is 2.21. The van der Waals surface area contributed by atoms with Gasteiger partial charge in [0.15, 0.2) is 6.10 Å². The van der Waals surface area contributed by atoms with Crippen molar-refractivity contribution < 1.29 is 14.3 Å². The molecule has 8 heteroatoms. The smallest absolute Gasteiger partial charge is 0.279 e. The number of hydrogen-bond acceptors (Lipinski definition) is 5. The molecule has 0 bridgehead atoms. The lowest BCUT2D eigenvalue weighted by atomic mass is 10.1. The molecular formula is C22H21N5O3. The van der Waals surface area contributed by atoms with E-state index >= 15 is 0 Å². The Morgan fingerprint density at radius 1 is 1.03 bits per heavy atom. The number of aromatic nitrogens is 3. The second kappa shape index (κ2) is 8.20. The van der Waals surface area contributed by atoms with Crippen molar-refractivity contribution in [1.29, 1.82) is 0 Å². The van der Waals surface area contributed by atoms with E-state index in [-0.39, 0.29) is 0 Å². The average Bonchev–Trinajstić information content (AvgIpc) is 3.19. The Bertz CT molecular complexity index is 1230. The van der Waals surface area contributed by atoms with Gasteiger partial charge in [0.25, 0.3) is 11.8 Å². The van der Waals surface area contributed by atoms with Crippen molar-refractivity contribution in [3.8, 4) is 5.75 Å². The van der Waals surface area contributed by atoms with E-state index in [4.69, 9.17) is 4.74 Å². The molecule has 0 radical (unpaired) electrons. The lowest BCUT2D eigenvalue weighted by Gasteiger charge is -2.15. The van der Waals surface area contributed by atoms with Crippen molar-refractivity contribution in [1.82, 2.24) is 25.8 Å². The molecule has 0 aliphatic rings. The number of aryl methyl sites for hydroxylation is 1. The molecule has 0 saturated heterocycles. The van der Waals surface area contributed by atoms with Crippen molar-refractivity contribution in [3.63, 3.8) is 0 Å². The average molecular weight is 403 g/mol.